The largest absolute Gasteiger partial charge is 0.423 e. The molecule has 0 bridgehead atoms. The molecule has 1 N–H and O–H groups in total. The monoisotopic (exact) mass is 284 g/mol. The molecular formula is C11H7F3N4O2. The van der Waals surface area contributed by atoms with Crippen LogP contribution in [0.25, 0.3) is 11.1 Å². The number of aromatic nitrogens is 3. The Kier molecular flexibility index (Phi) is 2.63. The van der Waals surface area contributed by atoms with Gasteiger partial charge in [-0.05, 0) is 25.1 Å². The van der Waals surface area contributed by atoms with E-state index in [1.165, 1.54) is 6.07 Å². The van der Waals surface area contributed by atoms with Crippen molar-refractivity contribution in [2.45, 2.75) is 13.1 Å². The van der Waals surface area contributed by atoms with Crippen molar-refractivity contribution in [2.75, 3.05) is 5.32 Å². The summed E-state index contributed by atoms with van der Waals surface area (Å²) in [6, 6.07) is 3.06. The molecule has 0 spiro atoms. The highest BCUT2D eigenvalue weighted by Crippen LogP contribution is 2.32. The Bertz CT molecular complexity index is 762. The smallest absolute Gasteiger partial charge is 0.416 e. The predicted octanol–water partition coefficient (Wildman–Crippen LogP) is 3.28. The van der Waals surface area contributed by atoms with Crippen LogP contribution < -0.4 is 5.32 Å². The molecule has 0 unspecified atom stereocenters. The number of rotatable bonds is 2. The van der Waals surface area contributed by atoms with Crippen molar-refractivity contribution < 1.29 is 22.1 Å². The van der Waals surface area contributed by atoms with E-state index >= 15 is 0 Å². The Morgan fingerprint density at radius 2 is 1.95 bits per heavy atom. The quantitative estimate of drug-likeness (QED) is 0.778. The third kappa shape index (κ3) is 2.29. The number of nitrogens with one attached hydrogen (secondary N) is 1. The average Bonchev–Trinajstić information content (AvgIpc) is 2.93. The Morgan fingerprint density at radius 3 is 2.60 bits per heavy atom. The van der Waals surface area contributed by atoms with E-state index in [1.807, 2.05) is 0 Å². The second-order valence-corrected chi connectivity index (χ2v) is 3.97. The topological polar surface area (TPSA) is 77.0 Å². The van der Waals surface area contributed by atoms with E-state index in [4.69, 9.17) is 8.94 Å². The number of fused-ring (bicyclic) bond motifs is 1. The maximum absolute atomic E-state index is 12.6. The van der Waals surface area contributed by atoms with Crippen LogP contribution in [-0.4, -0.2) is 15.1 Å². The lowest BCUT2D eigenvalue weighted by atomic mass is 10.2. The van der Waals surface area contributed by atoms with Gasteiger partial charge >= 0.3 is 18.2 Å². The molecule has 2 heterocycles. The van der Waals surface area contributed by atoms with Crippen LogP contribution in [0.3, 0.4) is 0 Å². The molecule has 0 aliphatic rings. The van der Waals surface area contributed by atoms with Gasteiger partial charge in [-0.2, -0.15) is 23.1 Å². The summed E-state index contributed by atoms with van der Waals surface area (Å²) in [5, 5.41) is 6.12. The Morgan fingerprint density at radius 1 is 1.15 bits per heavy atom. The average molecular weight is 284 g/mol. The summed E-state index contributed by atoms with van der Waals surface area (Å²) in [7, 11) is 0. The Labute approximate surface area is 109 Å². The van der Waals surface area contributed by atoms with Crippen molar-refractivity contribution in [3.63, 3.8) is 0 Å². The summed E-state index contributed by atoms with van der Waals surface area (Å²) < 4.78 is 47.7. The van der Waals surface area contributed by atoms with Crippen molar-refractivity contribution in [3.8, 4) is 0 Å². The van der Waals surface area contributed by atoms with Crippen LogP contribution >= 0.6 is 0 Å². The van der Waals surface area contributed by atoms with Crippen LogP contribution in [0.15, 0.2) is 27.1 Å². The van der Waals surface area contributed by atoms with Crippen LogP contribution in [0.5, 0.6) is 0 Å². The van der Waals surface area contributed by atoms with Gasteiger partial charge in [0.2, 0.25) is 0 Å². The van der Waals surface area contributed by atoms with Gasteiger partial charge in [-0.25, -0.2) is 0 Å². The third-order valence-electron chi connectivity index (χ3n) is 2.46. The first-order valence-electron chi connectivity index (χ1n) is 5.47. The number of halogens is 3. The minimum absolute atomic E-state index is 0.0250. The van der Waals surface area contributed by atoms with Gasteiger partial charge in [0.1, 0.15) is 5.52 Å². The standard InChI is InChI=1S/C11H7F3N4O2/c1-5-15-10(20-18-5)17-9-16-7-4-6(11(12,13)14)2-3-8(7)19-9/h2-4H,1H3,(H,15,16,17,18). The highest BCUT2D eigenvalue weighted by molar-refractivity contribution is 5.75. The summed E-state index contributed by atoms with van der Waals surface area (Å²) in [5.74, 6) is 0.406. The number of anilines is 2. The van der Waals surface area contributed by atoms with Gasteiger partial charge in [-0.3, -0.25) is 5.32 Å². The van der Waals surface area contributed by atoms with Crippen LogP contribution in [0.2, 0.25) is 0 Å². The van der Waals surface area contributed by atoms with Gasteiger partial charge < -0.3 is 8.94 Å². The van der Waals surface area contributed by atoms with Crippen molar-refractivity contribution in [3.05, 3.63) is 29.6 Å². The van der Waals surface area contributed by atoms with Gasteiger partial charge in [0.05, 0.1) is 5.56 Å². The maximum atomic E-state index is 12.6. The normalized spacial score (nSPS) is 12.0. The molecular weight excluding hydrogens is 277 g/mol. The first kappa shape index (κ1) is 12.5. The van der Waals surface area contributed by atoms with Gasteiger partial charge in [-0.15, -0.1) is 0 Å². The number of hydrogen-bond acceptors (Lipinski definition) is 6. The number of hydrogen-bond donors (Lipinski definition) is 1. The lowest BCUT2D eigenvalue weighted by Gasteiger charge is -2.04. The van der Waals surface area contributed by atoms with Gasteiger partial charge in [0, 0.05) is 0 Å². The molecule has 0 saturated carbocycles. The zero-order chi connectivity index (χ0) is 14.3. The molecule has 2 aromatic heterocycles. The zero-order valence-corrected chi connectivity index (χ0v) is 10.0. The zero-order valence-electron chi connectivity index (χ0n) is 10.0. The summed E-state index contributed by atoms with van der Waals surface area (Å²) >= 11 is 0. The molecule has 0 radical (unpaired) electrons. The maximum Gasteiger partial charge on any atom is 0.416 e. The Hall–Kier alpha value is -2.58. The molecule has 104 valence electrons. The second-order valence-electron chi connectivity index (χ2n) is 3.97. The van der Waals surface area contributed by atoms with E-state index in [0.717, 1.165) is 12.1 Å². The minimum atomic E-state index is -4.43. The lowest BCUT2D eigenvalue weighted by Crippen LogP contribution is -2.03. The minimum Gasteiger partial charge on any atom is -0.423 e. The summed E-state index contributed by atoms with van der Waals surface area (Å²) in [6.07, 6.45) is -4.43. The molecule has 0 aliphatic heterocycles. The van der Waals surface area contributed by atoms with E-state index in [-0.39, 0.29) is 23.1 Å². The SMILES string of the molecule is Cc1noc(Nc2nc3cc(C(F)(F)F)ccc3o2)n1. The third-order valence-corrected chi connectivity index (χ3v) is 2.46. The fourth-order valence-electron chi connectivity index (χ4n) is 1.60. The first-order valence-corrected chi connectivity index (χ1v) is 5.47. The Balaban J connectivity index is 1.94. The van der Waals surface area contributed by atoms with Crippen LogP contribution in [0.4, 0.5) is 25.2 Å². The number of nitrogens with zero attached hydrogens (tertiary/aromatic N) is 3. The molecule has 6 nitrogen and oxygen atoms in total. The number of aryl methyl sites for hydroxylation is 1. The van der Waals surface area contributed by atoms with Crippen molar-refractivity contribution in [2.24, 2.45) is 0 Å². The number of benzene rings is 1. The molecule has 0 saturated heterocycles. The van der Waals surface area contributed by atoms with E-state index in [9.17, 15) is 13.2 Å². The second kappa shape index (κ2) is 4.22. The lowest BCUT2D eigenvalue weighted by molar-refractivity contribution is -0.137. The molecule has 3 aromatic rings. The first-order chi connectivity index (χ1) is 9.41. The number of oxazole rings is 1. The van der Waals surface area contributed by atoms with E-state index in [1.54, 1.807) is 6.92 Å². The van der Waals surface area contributed by atoms with E-state index in [2.05, 4.69) is 20.4 Å². The van der Waals surface area contributed by atoms with Crippen LogP contribution in [-0.2, 0) is 6.18 Å². The molecule has 0 amide bonds. The van der Waals surface area contributed by atoms with Gasteiger partial charge in [-0.1, -0.05) is 5.16 Å². The molecule has 0 fully saturated rings. The van der Waals surface area contributed by atoms with Crippen molar-refractivity contribution >= 4 is 23.1 Å². The van der Waals surface area contributed by atoms with Crippen molar-refractivity contribution in [1.29, 1.82) is 0 Å². The molecule has 1 aromatic carbocycles. The predicted molar refractivity (Wildman–Crippen MR) is 61.3 cm³/mol. The van der Waals surface area contributed by atoms with E-state index < -0.39 is 11.7 Å². The molecule has 9 heteroatoms. The summed E-state index contributed by atoms with van der Waals surface area (Å²) in [6.45, 7) is 1.62. The van der Waals surface area contributed by atoms with Crippen LogP contribution in [0.1, 0.15) is 11.4 Å². The fraction of sp³-hybridized carbons (Fsp3) is 0.182. The van der Waals surface area contributed by atoms with Crippen molar-refractivity contribution in [1.82, 2.24) is 15.1 Å². The summed E-state index contributed by atoms with van der Waals surface area (Å²) in [5.41, 5.74) is -0.492. The number of alkyl halides is 3. The van der Waals surface area contributed by atoms with E-state index in [0.29, 0.717) is 5.82 Å². The van der Waals surface area contributed by atoms with Gasteiger partial charge in [0.25, 0.3) is 0 Å². The fourth-order valence-corrected chi connectivity index (χ4v) is 1.60. The van der Waals surface area contributed by atoms with Gasteiger partial charge in [0.15, 0.2) is 11.4 Å². The molecule has 0 atom stereocenters. The molecule has 3 rings (SSSR count). The molecule has 20 heavy (non-hydrogen) atoms. The van der Waals surface area contributed by atoms with Crippen LogP contribution in [0, 0.1) is 6.92 Å². The highest BCUT2D eigenvalue weighted by Gasteiger charge is 2.31. The highest BCUT2D eigenvalue weighted by atomic mass is 19.4. The summed E-state index contributed by atoms with van der Waals surface area (Å²) in [4.78, 5) is 7.75. The molecule has 0 aliphatic carbocycles.